The Morgan fingerprint density at radius 3 is 2.70 bits per heavy atom. The molecule has 0 spiro atoms. The largest absolute Gasteiger partial charge is 0.337 e. The number of aromatic nitrogens is 2. The van der Waals surface area contributed by atoms with Crippen molar-refractivity contribution < 1.29 is 4.79 Å². The lowest BCUT2D eigenvalue weighted by Gasteiger charge is -2.31. The van der Waals surface area contributed by atoms with Crippen LogP contribution in [0.2, 0.25) is 0 Å². The number of amides is 1. The first-order valence-corrected chi connectivity index (χ1v) is 10.3. The lowest BCUT2D eigenvalue weighted by Crippen LogP contribution is -2.49. The van der Waals surface area contributed by atoms with Crippen LogP contribution in [0.25, 0.3) is 10.9 Å². The van der Waals surface area contributed by atoms with Crippen molar-refractivity contribution in [1.82, 2.24) is 14.9 Å². The highest BCUT2D eigenvalue weighted by Crippen LogP contribution is 2.28. The average Bonchev–Trinajstić information content (AvgIpc) is 2.67. The van der Waals surface area contributed by atoms with Gasteiger partial charge in [0.15, 0.2) is 5.16 Å². The van der Waals surface area contributed by atoms with Crippen molar-refractivity contribution in [3.05, 3.63) is 34.6 Å². The Morgan fingerprint density at radius 1 is 1.33 bits per heavy atom. The molecule has 1 fully saturated rings. The fraction of sp³-hybridized carbons (Fsp3) is 0.500. The second-order valence-corrected chi connectivity index (χ2v) is 8.21. The molecule has 3 rings (SSSR count). The van der Waals surface area contributed by atoms with E-state index in [-0.39, 0.29) is 23.3 Å². The van der Waals surface area contributed by atoms with E-state index in [0.29, 0.717) is 28.9 Å². The Hall–Kier alpha value is -2.33. The number of para-hydroxylation sites is 1. The molecule has 1 aromatic carbocycles. The number of nitriles is 1. The molecule has 2 aromatic rings. The van der Waals surface area contributed by atoms with Gasteiger partial charge in [0.05, 0.1) is 22.7 Å². The lowest BCUT2D eigenvalue weighted by molar-refractivity contribution is -0.120. The van der Waals surface area contributed by atoms with Gasteiger partial charge in [-0.2, -0.15) is 5.26 Å². The van der Waals surface area contributed by atoms with E-state index in [0.717, 1.165) is 19.3 Å². The van der Waals surface area contributed by atoms with Crippen LogP contribution in [0, 0.1) is 11.3 Å². The summed E-state index contributed by atoms with van der Waals surface area (Å²) in [5.74, 6) is -0.0674. The number of nitrogens with zero attached hydrogens (tertiary/aromatic N) is 3. The van der Waals surface area contributed by atoms with Crippen molar-refractivity contribution in [3.63, 3.8) is 0 Å². The number of carbonyl (C=O) groups is 1. The second-order valence-electron chi connectivity index (χ2n) is 7.27. The van der Waals surface area contributed by atoms with Crippen LogP contribution in [0.3, 0.4) is 0 Å². The van der Waals surface area contributed by atoms with Crippen molar-refractivity contribution in [2.75, 3.05) is 5.75 Å². The third-order valence-electron chi connectivity index (χ3n) is 4.92. The van der Waals surface area contributed by atoms with Crippen LogP contribution in [0.1, 0.15) is 52.0 Å². The molecule has 1 saturated carbocycles. The smallest absolute Gasteiger partial charge is 0.262 e. The van der Waals surface area contributed by atoms with Crippen molar-refractivity contribution in [2.45, 2.75) is 62.7 Å². The average molecular weight is 385 g/mol. The monoisotopic (exact) mass is 384 g/mol. The highest BCUT2D eigenvalue weighted by atomic mass is 32.2. The minimum atomic E-state index is -0.746. The van der Waals surface area contributed by atoms with Gasteiger partial charge >= 0.3 is 0 Å². The Labute approximate surface area is 163 Å². The van der Waals surface area contributed by atoms with Crippen molar-refractivity contribution in [3.8, 4) is 6.07 Å². The molecule has 142 valence electrons. The molecule has 0 aliphatic heterocycles. The summed E-state index contributed by atoms with van der Waals surface area (Å²) >= 11 is 1.24. The van der Waals surface area contributed by atoms with E-state index in [1.807, 2.05) is 26.0 Å². The van der Waals surface area contributed by atoms with Gasteiger partial charge in [-0.25, -0.2) is 4.98 Å². The first kappa shape index (κ1) is 19.4. The summed E-state index contributed by atoms with van der Waals surface area (Å²) in [5.41, 5.74) is -0.216. The fourth-order valence-electron chi connectivity index (χ4n) is 3.54. The highest BCUT2D eigenvalue weighted by molar-refractivity contribution is 7.99. The highest BCUT2D eigenvalue weighted by Gasteiger charge is 2.33. The third kappa shape index (κ3) is 4.16. The molecule has 0 unspecified atom stereocenters. The standard InChI is InChI=1S/C20H24N4O2S/c1-14(2)24-18(26)15-8-4-5-9-16(15)22-19(24)27-12-17(25)23-20(13-21)10-6-3-7-11-20/h4-5,8-9,14H,3,6-7,10-12H2,1-2H3,(H,23,25). The number of carbonyl (C=O) groups excluding carboxylic acids is 1. The van der Waals surface area contributed by atoms with E-state index in [4.69, 9.17) is 0 Å². The van der Waals surface area contributed by atoms with Gasteiger partial charge < -0.3 is 5.32 Å². The first-order chi connectivity index (χ1) is 13.0. The minimum absolute atomic E-state index is 0.0658. The summed E-state index contributed by atoms with van der Waals surface area (Å²) in [5, 5.41) is 13.5. The van der Waals surface area contributed by atoms with E-state index in [2.05, 4.69) is 16.4 Å². The zero-order valence-electron chi connectivity index (χ0n) is 15.7. The number of rotatable bonds is 5. The van der Waals surface area contributed by atoms with Crippen LogP contribution in [0.15, 0.2) is 34.2 Å². The number of hydrogen-bond acceptors (Lipinski definition) is 5. The molecular weight excluding hydrogens is 360 g/mol. The molecule has 1 aromatic heterocycles. The van der Waals surface area contributed by atoms with Crippen molar-refractivity contribution in [1.29, 1.82) is 5.26 Å². The van der Waals surface area contributed by atoms with Crippen LogP contribution < -0.4 is 10.9 Å². The number of benzene rings is 1. The second kappa shape index (κ2) is 8.13. The maximum absolute atomic E-state index is 12.8. The number of nitrogens with one attached hydrogen (secondary N) is 1. The van der Waals surface area contributed by atoms with Crippen LogP contribution in [0.4, 0.5) is 0 Å². The molecule has 1 N–H and O–H groups in total. The van der Waals surface area contributed by atoms with Gasteiger partial charge in [0, 0.05) is 6.04 Å². The number of fused-ring (bicyclic) bond motifs is 1. The van der Waals surface area contributed by atoms with Gasteiger partial charge in [0.25, 0.3) is 5.56 Å². The molecule has 0 saturated heterocycles. The van der Waals surface area contributed by atoms with Crippen LogP contribution in [0.5, 0.6) is 0 Å². The summed E-state index contributed by atoms with van der Waals surface area (Å²) in [7, 11) is 0. The van der Waals surface area contributed by atoms with Crippen molar-refractivity contribution >= 4 is 28.6 Å². The molecular formula is C20H24N4O2S. The van der Waals surface area contributed by atoms with Gasteiger partial charge in [0.2, 0.25) is 5.91 Å². The quantitative estimate of drug-likeness (QED) is 0.630. The topological polar surface area (TPSA) is 87.8 Å². The van der Waals surface area contributed by atoms with Gasteiger partial charge in [-0.05, 0) is 38.8 Å². The van der Waals surface area contributed by atoms with Crippen LogP contribution >= 0.6 is 11.8 Å². The Kier molecular flexibility index (Phi) is 5.85. The summed E-state index contributed by atoms with van der Waals surface area (Å²) < 4.78 is 1.63. The molecule has 6 nitrogen and oxygen atoms in total. The zero-order chi connectivity index (χ0) is 19.4. The van der Waals surface area contributed by atoms with Crippen molar-refractivity contribution in [2.24, 2.45) is 0 Å². The van der Waals surface area contributed by atoms with Gasteiger partial charge in [0.1, 0.15) is 5.54 Å². The summed E-state index contributed by atoms with van der Waals surface area (Å²) in [6, 6.07) is 9.47. The predicted octanol–water partition coefficient (Wildman–Crippen LogP) is 3.41. The molecule has 0 radical (unpaired) electrons. The van der Waals surface area contributed by atoms with E-state index in [9.17, 15) is 14.9 Å². The molecule has 0 bridgehead atoms. The molecule has 27 heavy (non-hydrogen) atoms. The lowest BCUT2D eigenvalue weighted by atomic mass is 9.83. The Balaban J connectivity index is 1.80. The Bertz CT molecular complexity index is 939. The summed E-state index contributed by atoms with van der Waals surface area (Å²) in [4.78, 5) is 29.9. The van der Waals surface area contributed by atoms with E-state index < -0.39 is 5.54 Å². The molecule has 1 heterocycles. The van der Waals surface area contributed by atoms with Crippen LogP contribution in [-0.2, 0) is 4.79 Å². The van der Waals surface area contributed by atoms with Gasteiger partial charge in [-0.15, -0.1) is 0 Å². The summed E-state index contributed by atoms with van der Waals surface area (Å²) in [6.45, 7) is 3.85. The van der Waals surface area contributed by atoms with E-state index in [1.165, 1.54) is 11.8 Å². The van der Waals surface area contributed by atoms with Gasteiger partial charge in [-0.3, -0.25) is 14.2 Å². The predicted molar refractivity (Wildman–Crippen MR) is 107 cm³/mol. The molecule has 1 aliphatic rings. The van der Waals surface area contributed by atoms with Gasteiger partial charge in [-0.1, -0.05) is 43.2 Å². The normalized spacial score (nSPS) is 16.2. The first-order valence-electron chi connectivity index (χ1n) is 9.32. The number of hydrogen-bond donors (Lipinski definition) is 1. The SMILES string of the molecule is CC(C)n1c(SCC(=O)NC2(C#N)CCCCC2)nc2ccccc2c1=O. The molecule has 1 aliphatic carbocycles. The zero-order valence-corrected chi connectivity index (χ0v) is 16.5. The van der Waals surface area contributed by atoms with Crippen LogP contribution in [-0.4, -0.2) is 26.8 Å². The molecule has 0 atom stereocenters. The fourth-order valence-corrected chi connectivity index (χ4v) is 4.46. The third-order valence-corrected chi connectivity index (χ3v) is 5.88. The maximum atomic E-state index is 12.8. The van der Waals surface area contributed by atoms with E-state index in [1.54, 1.807) is 16.7 Å². The minimum Gasteiger partial charge on any atom is -0.337 e. The van der Waals surface area contributed by atoms with E-state index >= 15 is 0 Å². The number of thioether (sulfide) groups is 1. The maximum Gasteiger partial charge on any atom is 0.262 e. The molecule has 7 heteroatoms. The summed E-state index contributed by atoms with van der Waals surface area (Å²) in [6.07, 6.45) is 4.42. The molecule has 1 amide bonds. The Morgan fingerprint density at radius 2 is 2.04 bits per heavy atom.